The van der Waals surface area contributed by atoms with Crippen LogP contribution in [0, 0.1) is 18.3 Å². The van der Waals surface area contributed by atoms with E-state index >= 15 is 0 Å². The normalized spacial score (nSPS) is 11.9. The maximum Gasteiger partial charge on any atom is 0.251 e. The van der Waals surface area contributed by atoms with E-state index < -0.39 is 0 Å². The molecule has 0 aliphatic carbocycles. The zero-order valence-corrected chi connectivity index (χ0v) is 20.8. The van der Waals surface area contributed by atoms with Crippen molar-refractivity contribution in [2.45, 2.75) is 19.1 Å². The van der Waals surface area contributed by atoms with Crippen LogP contribution in [0.1, 0.15) is 33.6 Å². The predicted molar refractivity (Wildman–Crippen MR) is 143 cm³/mol. The first kappa shape index (κ1) is 22.8. The molecule has 0 N–H and O–H groups in total. The zero-order valence-electron chi connectivity index (χ0n) is 19.6. The van der Waals surface area contributed by atoms with Crippen molar-refractivity contribution in [1.82, 2.24) is 14.1 Å². The number of imidazole rings is 1. The Balaban J connectivity index is 1.56. The first-order valence-corrected chi connectivity index (χ1v) is 12.1. The molecule has 0 amide bonds. The van der Waals surface area contributed by atoms with Gasteiger partial charge < -0.3 is 9.13 Å². The van der Waals surface area contributed by atoms with Crippen molar-refractivity contribution in [3.8, 4) is 17.2 Å². The summed E-state index contributed by atoms with van der Waals surface area (Å²) in [6.07, 6.45) is 3.74. The number of pyridine rings is 1. The Morgan fingerprint density at radius 3 is 2.60 bits per heavy atom. The van der Waals surface area contributed by atoms with E-state index in [2.05, 4.69) is 62.1 Å². The Bertz CT molecular complexity index is 1640. The van der Waals surface area contributed by atoms with E-state index in [9.17, 15) is 4.79 Å². The van der Waals surface area contributed by atoms with Gasteiger partial charge in [-0.3, -0.25) is 4.79 Å². The Labute approximate surface area is 206 Å². The van der Waals surface area contributed by atoms with Crippen LogP contribution in [0.25, 0.3) is 22.0 Å². The van der Waals surface area contributed by atoms with E-state index in [0.717, 1.165) is 44.4 Å². The first-order valence-electron chi connectivity index (χ1n) is 11.4. The zero-order chi connectivity index (χ0) is 24.5. The molecule has 0 fully saturated rings. The molecule has 0 saturated carbocycles. The van der Waals surface area contributed by atoms with Crippen molar-refractivity contribution < 1.29 is 0 Å². The second kappa shape index (κ2) is 9.33. The SMILES string of the molecule is Cc1cccc(-c2cc(=O)n(C)c3ccc(C(P)c4cncn4Cc4ccc(C#N)cc4)cc23)c1. The quantitative estimate of drug-likeness (QED) is 0.311. The number of aromatic nitrogens is 3. The van der Waals surface area contributed by atoms with Gasteiger partial charge in [0.15, 0.2) is 0 Å². The van der Waals surface area contributed by atoms with Crippen LogP contribution >= 0.6 is 9.24 Å². The summed E-state index contributed by atoms with van der Waals surface area (Å²) in [5.74, 6) is 0. The van der Waals surface area contributed by atoms with Gasteiger partial charge in [0.05, 0.1) is 23.5 Å². The van der Waals surface area contributed by atoms with Crippen molar-refractivity contribution in [1.29, 1.82) is 5.26 Å². The Hall–Kier alpha value is -4.00. The molecule has 3 aromatic carbocycles. The van der Waals surface area contributed by atoms with Gasteiger partial charge in [0, 0.05) is 42.6 Å². The topological polar surface area (TPSA) is 63.6 Å². The molecule has 35 heavy (non-hydrogen) atoms. The minimum Gasteiger partial charge on any atom is -0.329 e. The van der Waals surface area contributed by atoms with E-state index in [0.29, 0.717) is 12.1 Å². The summed E-state index contributed by atoms with van der Waals surface area (Å²) in [7, 11) is 4.76. The van der Waals surface area contributed by atoms with Gasteiger partial charge in [-0.1, -0.05) is 48.0 Å². The average molecular weight is 477 g/mol. The molecule has 5 aromatic rings. The number of nitriles is 1. The molecule has 0 spiro atoms. The van der Waals surface area contributed by atoms with Crippen LogP contribution in [0.2, 0.25) is 0 Å². The van der Waals surface area contributed by atoms with Crippen molar-refractivity contribution in [2.24, 2.45) is 7.05 Å². The fourth-order valence-corrected chi connectivity index (χ4v) is 4.98. The predicted octanol–water partition coefficient (Wildman–Crippen LogP) is 5.59. The van der Waals surface area contributed by atoms with E-state index in [-0.39, 0.29) is 11.2 Å². The lowest BCUT2D eigenvalue weighted by Gasteiger charge is -2.18. The lowest BCUT2D eigenvalue weighted by Crippen LogP contribution is -2.16. The molecule has 2 heterocycles. The van der Waals surface area contributed by atoms with Crippen LogP contribution in [0.5, 0.6) is 0 Å². The standard InChI is InChI=1S/C29H25N4OP/c1-19-4-3-5-22(12-19)24-14-28(34)32(2)26-11-10-23(13-25(24)26)29(35)27-16-31-18-33(27)17-21-8-6-20(15-30)7-9-21/h3-14,16,18,29H,17,35H2,1-2H3. The summed E-state index contributed by atoms with van der Waals surface area (Å²) >= 11 is 0. The van der Waals surface area contributed by atoms with Gasteiger partial charge in [0.1, 0.15) is 0 Å². The number of hydrogen-bond acceptors (Lipinski definition) is 3. The molecular formula is C29H25N4OP. The van der Waals surface area contributed by atoms with Gasteiger partial charge in [-0.25, -0.2) is 4.98 Å². The third-order valence-corrected chi connectivity index (χ3v) is 7.18. The number of benzene rings is 3. The summed E-state index contributed by atoms with van der Waals surface area (Å²) in [6.45, 7) is 2.73. The maximum absolute atomic E-state index is 12.7. The Kier molecular flexibility index (Phi) is 6.07. The van der Waals surface area contributed by atoms with E-state index in [1.54, 1.807) is 10.6 Å². The minimum atomic E-state index is -0.0235. The van der Waals surface area contributed by atoms with E-state index in [4.69, 9.17) is 5.26 Å². The molecule has 2 aromatic heterocycles. The van der Waals surface area contributed by atoms with Crippen LogP contribution < -0.4 is 5.56 Å². The van der Waals surface area contributed by atoms with Gasteiger partial charge in [-0.2, -0.15) is 5.26 Å². The van der Waals surface area contributed by atoms with Crippen LogP contribution in [0.3, 0.4) is 0 Å². The largest absolute Gasteiger partial charge is 0.329 e. The summed E-state index contributed by atoms with van der Waals surface area (Å²) in [5, 5.41) is 10.1. The third kappa shape index (κ3) is 4.41. The Morgan fingerprint density at radius 1 is 1.06 bits per heavy atom. The number of fused-ring (bicyclic) bond motifs is 1. The third-order valence-electron chi connectivity index (χ3n) is 6.46. The highest BCUT2D eigenvalue weighted by Gasteiger charge is 2.17. The number of nitrogens with zero attached hydrogens (tertiary/aromatic N) is 4. The smallest absolute Gasteiger partial charge is 0.251 e. The molecule has 0 aliphatic heterocycles. The second-order valence-electron chi connectivity index (χ2n) is 8.83. The van der Waals surface area contributed by atoms with Crippen molar-refractivity contribution in [3.63, 3.8) is 0 Å². The lowest BCUT2D eigenvalue weighted by atomic mass is 9.97. The molecule has 6 heteroatoms. The van der Waals surface area contributed by atoms with Gasteiger partial charge in [-0.15, -0.1) is 9.24 Å². The molecule has 5 nitrogen and oxygen atoms in total. The van der Waals surface area contributed by atoms with Gasteiger partial charge >= 0.3 is 0 Å². The lowest BCUT2D eigenvalue weighted by molar-refractivity contribution is 0.749. The van der Waals surface area contributed by atoms with Gasteiger partial charge in [0.25, 0.3) is 5.56 Å². The molecule has 2 unspecified atom stereocenters. The summed E-state index contributed by atoms with van der Waals surface area (Å²) < 4.78 is 3.83. The molecular weight excluding hydrogens is 451 g/mol. The van der Waals surface area contributed by atoms with Crippen LogP contribution in [0.15, 0.2) is 90.1 Å². The first-order chi connectivity index (χ1) is 16.9. The van der Waals surface area contributed by atoms with Crippen molar-refractivity contribution in [3.05, 3.63) is 124 Å². The van der Waals surface area contributed by atoms with Crippen molar-refractivity contribution >= 4 is 20.1 Å². The molecule has 2 atom stereocenters. The molecule has 5 rings (SSSR count). The van der Waals surface area contributed by atoms with E-state index in [1.807, 2.05) is 56.0 Å². The van der Waals surface area contributed by atoms with Crippen LogP contribution in [-0.2, 0) is 13.6 Å². The van der Waals surface area contributed by atoms with Gasteiger partial charge in [0.2, 0.25) is 0 Å². The number of rotatable bonds is 5. The molecule has 0 bridgehead atoms. The molecule has 0 aliphatic rings. The number of aryl methyl sites for hydroxylation is 2. The fourth-order valence-electron chi connectivity index (χ4n) is 4.50. The highest BCUT2D eigenvalue weighted by Crippen LogP contribution is 2.35. The second-order valence-corrected chi connectivity index (χ2v) is 9.50. The fraction of sp³-hybridized carbons (Fsp3) is 0.138. The highest BCUT2D eigenvalue weighted by atomic mass is 31.0. The van der Waals surface area contributed by atoms with Crippen LogP contribution in [-0.4, -0.2) is 14.1 Å². The monoisotopic (exact) mass is 476 g/mol. The number of hydrogen-bond donors (Lipinski definition) is 0. The van der Waals surface area contributed by atoms with Gasteiger partial charge in [-0.05, 0) is 53.4 Å². The molecule has 0 saturated heterocycles. The summed E-state index contributed by atoms with van der Waals surface area (Å²) in [4.78, 5) is 17.1. The minimum absolute atomic E-state index is 0.0166. The Morgan fingerprint density at radius 2 is 1.86 bits per heavy atom. The average Bonchev–Trinajstić information content (AvgIpc) is 3.34. The molecule has 172 valence electrons. The summed E-state index contributed by atoms with van der Waals surface area (Å²) in [5.41, 5.74) is 7.98. The van der Waals surface area contributed by atoms with Crippen molar-refractivity contribution in [2.75, 3.05) is 0 Å². The summed E-state index contributed by atoms with van der Waals surface area (Å²) in [6, 6.07) is 26.1. The van der Waals surface area contributed by atoms with E-state index in [1.165, 1.54) is 0 Å². The van der Waals surface area contributed by atoms with Crippen LogP contribution in [0.4, 0.5) is 0 Å². The molecule has 0 radical (unpaired) electrons. The highest BCUT2D eigenvalue weighted by molar-refractivity contribution is 7.17. The maximum atomic E-state index is 12.7.